The highest BCUT2D eigenvalue weighted by Crippen LogP contribution is 2.20. The van der Waals surface area contributed by atoms with Crippen LogP contribution in [0.1, 0.15) is 26.7 Å². The van der Waals surface area contributed by atoms with Gasteiger partial charge < -0.3 is 5.32 Å². The molecule has 100 valence electrons. The molecule has 2 nitrogen and oxygen atoms in total. The summed E-state index contributed by atoms with van der Waals surface area (Å²) in [5.41, 5.74) is 0.815. The molecule has 0 unspecified atom stereocenters. The minimum absolute atomic E-state index is 0.130. The molecule has 0 aliphatic heterocycles. The van der Waals surface area contributed by atoms with Crippen molar-refractivity contribution in [3.05, 3.63) is 12.2 Å². The van der Waals surface area contributed by atoms with Gasteiger partial charge in [-0.1, -0.05) is 6.58 Å². The predicted octanol–water partition coefficient (Wildman–Crippen LogP) is 2.57. The maximum atomic E-state index is 12.4. The molecule has 1 rings (SSSR count). The van der Waals surface area contributed by atoms with Gasteiger partial charge in [0.25, 0.3) is 0 Å². The van der Waals surface area contributed by atoms with E-state index in [2.05, 4.69) is 11.9 Å². The second kappa shape index (κ2) is 5.87. The summed E-state index contributed by atoms with van der Waals surface area (Å²) in [6.07, 6.45) is -1.80. The van der Waals surface area contributed by atoms with Crippen molar-refractivity contribution in [1.82, 2.24) is 10.2 Å². The molecule has 1 aliphatic rings. The molecule has 17 heavy (non-hydrogen) atoms. The van der Waals surface area contributed by atoms with E-state index in [9.17, 15) is 13.2 Å². The number of nitrogens with one attached hydrogen (secondary N) is 1. The second-order valence-corrected chi connectivity index (χ2v) is 5.02. The highest BCUT2D eigenvalue weighted by Gasteiger charge is 2.31. The molecule has 0 aromatic carbocycles. The van der Waals surface area contributed by atoms with Gasteiger partial charge in [-0.25, -0.2) is 0 Å². The van der Waals surface area contributed by atoms with Crippen LogP contribution >= 0.6 is 0 Å². The average Bonchev–Trinajstić information content (AvgIpc) is 2.94. The van der Waals surface area contributed by atoms with Crippen LogP contribution in [-0.2, 0) is 0 Å². The third kappa shape index (κ3) is 6.68. The fraction of sp³-hybridized carbons (Fsp3) is 0.833. The van der Waals surface area contributed by atoms with Crippen molar-refractivity contribution < 1.29 is 13.2 Å². The van der Waals surface area contributed by atoms with Gasteiger partial charge in [-0.15, -0.1) is 0 Å². The van der Waals surface area contributed by atoms with Crippen molar-refractivity contribution >= 4 is 0 Å². The van der Waals surface area contributed by atoms with Crippen molar-refractivity contribution in [2.24, 2.45) is 0 Å². The molecule has 1 N–H and O–H groups in total. The van der Waals surface area contributed by atoms with Gasteiger partial charge in [0, 0.05) is 25.2 Å². The van der Waals surface area contributed by atoms with E-state index in [1.807, 2.05) is 0 Å². The summed E-state index contributed by atoms with van der Waals surface area (Å²) >= 11 is 0. The van der Waals surface area contributed by atoms with Gasteiger partial charge in [-0.05, 0) is 32.3 Å². The van der Waals surface area contributed by atoms with Gasteiger partial charge in [0.2, 0.25) is 0 Å². The first kappa shape index (κ1) is 14.5. The Morgan fingerprint density at radius 1 is 1.41 bits per heavy atom. The lowest BCUT2D eigenvalue weighted by molar-refractivity contribution is -0.148. The monoisotopic (exact) mass is 250 g/mol. The van der Waals surface area contributed by atoms with E-state index in [1.165, 1.54) is 17.7 Å². The van der Waals surface area contributed by atoms with E-state index in [0.29, 0.717) is 19.1 Å². The number of hydrogen-bond donors (Lipinski definition) is 1. The summed E-state index contributed by atoms with van der Waals surface area (Å²) < 4.78 is 37.1. The zero-order valence-electron chi connectivity index (χ0n) is 10.5. The van der Waals surface area contributed by atoms with E-state index in [0.717, 1.165) is 5.57 Å². The summed E-state index contributed by atoms with van der Waals surface area (Å²) in [7, 11) is 0. The lowest BCUT2D eigenvalue weighted by Crippen LogP contribution is -2.41. The third-order valence-electron chi connectivity index (χ3n) is 2.76. The molecule has 0 heterocycles. The molecule has 5 heteroatoms. The molecule has 1 fully saturated rings. The fourth-order valence-electron chi connectivity index (χ4n) is 1.57. The molecule has 0 aromatic heterocycles. The zero-order valence-corrected chi connectivity index (χ0v) is 10.5. The quantitative estimate of drug-likeness (QED) is 0.699. The lowest BCUT2D eigenvalue weighted by atomic mass is 10.2. The van der Waals surface area contributed by atoms with Crippen LogP contribution in [-0.4, -0.2) is 42.8 Å². The molecule has 1 saturated carbocycles. The molecule has 0 radical (unpaired) electrons. The SMILES string of the molecule is C=C(CNC1CC1)CN(CC(F)(F)F)C(C)C. The van der Waals surface area contributed by atoms with Crippen molar-refractivity contribution in [2.45, 2.75) is 44.9 Å². The van der Waals surface area contributed by atoms with E-state index >= 15 is 0 Å². The van der Waals surface area contributed by atoms with Crippen LogP contribution in [0.25, 0.3) is 0 Å². The summed E-state index contributed by atoms with van der Waals surface area (Å²) in [6, 6.07) is 0.427. The van der Waals surface area contributed by atoms with Crippen LogP contribution < -0.4 is 5.32 Å². The molecule has 0 bridgehead atoms. The van der Waals surface area contributed by atoms with E-state index in [-0.39, 0.29) is 6.04 Å². The topological polar surface area (TPSA) is 15.3 Å². The first-order chi connectivity index (χ1) is 7.78. The number of nitrogens with zero attached hydrogens (tertiary/aromatic N) is 1. The third-order valence-corrected chi connectivity index (χ3v) is 2.76. The van der Waals surface area contributed by atoms with E-state index in [1.54, 1.807) is 13.8 Å². The Bertz CT molecular complexity index is 257. The van der Waals surface area contributed by atoms with Crippen LogP contribution in [0.4, 0.5) is 13.2 Å². The predicted molar refractivity (Wildman–Crippen MR) is 62.9 cm³/mol. The molecule has 0 saturated heterocycles. The molecule has 0 spiro atoms. The van der Waals surface area contributed by atoms with Crippen LogP contribution in [0.5, 0.6) is 0 Å². The Morgan fingerprint density at radius 2 is 2.00 bits per heavy atom. The van der Waals surface area contributed by atoms with Crippen LogP contribution in [0.3, 0.4) is 0 Å². The van der Waals surface area contributed by atoms with Gasteiger partial charge in [-0.3, -0.25) is 4.90 Å². The number of rotatable bonds is 7. The molecular weight excluding hydrogens is 229 g/mol. The smallest absolute Gasteiger partial charge is 0.310 e. The van der Waals surface area contributed by atoms with Gasteiger partial charge >= 0.3 is 6.18 Å². The fourth-order valence-corrected chi connectivity index (χ4v) is 1.57. The molecule has 0 atom stereocenters. The Kier molecular flexibility index (Phi) is 5.01. The summed E-state index contributed by atoms with van der Waals surface area (Å²) in [5, 5.41) is 3.26. The molecule has 0 amide bonds. The highest BCUT2D eigenvalue weighted by atomic mass is 19.4. The minimum atomic E-state index is -4.14. The summed E-state index contributed by atoms with van der Waals surface area (Å²) in [5.74, 6) is 0. The zero-order chi connectivity index (χ0) is 13.1. The van der Waals surface area contributed by atoms with Gasteiger partial charge in [-0.2, -0.15) is 13.2 Å². The molecular formula is C12H21F3N2. The molecule has 0 aromatic rings. The Hall–Kier alpha value is -0.550. The standard InChI is InChI=1S/C12H21F3N2/c1-9(2)17(8-12(13,14)15)7-10(3)6-16-11-4-5-11/h9,11,16H,3-8H2,1-2H3. The molecule has 1 aliphatic carbocycles. The van der Waals surface area contributed by atoms with Crippen molar-refractivity contribution in [2.75, 3.05) is 19.6 Å². The van der Waals surface area contributed by atoms with Gasteiger partial charge in [0.1, 0.15) is 0 Å². The maximum Gasteiger partial charge on any atom is 0.401 e. The normalized spacial score (nSPS) is 16.9. The largest absolute Gasteiger partial charge is 0.401 e. The number of alkyl halides is 3. The van der Waals surface area contributed by atoms with Crippen molar-refractivity contribution in [1.29, 1.82) is 0 Å². The van der Waals surface area contributed by atoms with E-state index in [4.69, 9.17) is 0 Å². The van der Waals surface area contributed by atoms with Crippen molar-refractivity contribution in [3.8, 4) is 0 Å². The second-order valence-electron chi connectivity index (χ2n) is 5.02. The van der Waals surface area contributed by atoms with Crippen molar-refractivity contribution in [3.63, 3.8) is 0 Å². The van der Waals surface area contributed by atoms with Gasteiger partial charge in [0.15, 0.2) is 0 Å². The first-order valence-corrected chi connectivity index (χ1v) is 5.99. The first-order valence-electron chi connectivity index (χ1n) is 5.99. The minimum Gasteiger partial charge on any atom is -0.310 e. The van der Waals surface area contributed by atoms with E-state index < -0.39 is 12.7 Å². The highest BCUT2D eigenvalue weighted by molar-refractivity contribution is 5.02. The Labute approximate surface area is 101 Å². The number of halogens is 3. The average molecular weight is 250 g/mol. The summed E-state index contributed by atoms with van der Waals surface area (Å²) in [6.45, 7) is 7.43. The maximum absolute atomic E-state index is 12.4. The van der Waals surface area contributed by atoms with Gasteiger partial charge in [0.05, 0.1) is 6.54 Å². The van der Waals surface area contributed by atoms with Crippen LogP contribution in [0, 0.1) is 0 Å². The Balaban J connectivity index is 2.33. The number of hydrogen-bond acceptors (Lipinski definition) is 2. The Morgan fingerprint density at radius 3 is 2.41 bits per heavy atom. The lowest BCUT2D eigenvalue weighted by Gasteiger charge is -2.28. The van der Waals surface area contributed by atoms with Crippen LogP contribution in [0.2, 0.25) is 0 Å². The van der Waals surface area contributed by atoms with Crippen LogP contribution in [0.15, 0.2) is 12.2 Å². The summed E-state index contributed by atoms with van der Waals surface area (Å²) in [4.78, 5) is 1.40.